The number of nitrogens with zero attached hydrogens (tertiary/aromatic N) is 2. The van der Waals surface area contributed by atoms with Gasteiger partial charge < -0.3 is 9.47 Å². The third-order valence-electron chi connectivity index (χ3n) is 12.8. The standard InChI is InChI=1S/C62H42N2/c1-2-18-52(19-3-1)64-60-25-9-8-22-59(60)62-58(24-12-26-61(62)64)51-17-10-20-55(42-51)63(54-39-35-46(36-40-54)50-32-29-43-13-4-5-15-49(43)41-50)53-37-33-45(34-38-53)44-27-30-48(31-28-44)57-23-11-16-47-14-6-7-21-56(47)57/h1-42H. The maximum Gasteiger partial charge on any atom is 0.0547 e. The molecule has 0 unspecified atom stereocenters. The Labute approximate surface area is 373 Å². The minimum atomic E-state index is 1.09. The minimum Gasteiger partial charge on any atom is -0.310 e. The summed E-state index contributed by atoms with van der Waals surface area (Å²) in [6.07, 6.45) is 0. The van der Waals surface area contributed by atoms with Crippen molar-refractivity contribution in [3.05, 3.63) is 255 Å². The van der Waals surface area contributed by atoms with E-state index in [9.17, 15) is 0 Å². The molecule has 64 heavy (non-hydrogen) atoms. The Hall–Kier alpha value is -8.46. The van der Waals surface area contributed by atoms with E-state index in [-0.39, 0.29) is 0 Å². The van der Waals surface area contributed by atoms with Crippen LogP contribution in [0.25, 0.3) is 93.5 Å². The second kappa shape index (κ2) is 15.8. The normalized spacial score (nSPS) is 11.4. The van der Waals surface area contributed by atoms with Gasteiger partial charge in [0, 0.05) is 33.5 Å². The van der Waals surface area contributed by atoms with Crippen LogP contribution >= 0.6 is 0 Å². The highest BCUT2D eigenvalue weighted by atomic mass is 15.1. The lowest BCUT2D eigenvalue weighted by atomic mass is 9.96. The molecule has 2 heteroatoms. The minimum absolute atomic E-state index is 1.09. The summed E-state index contributed by atoms with van der Waals surface area (Å²) in [5.74, 6) is 0. The van der Waals surface area contributed by atoms with Crippen LogP contribution in [0.1, 0.15) is 0 Å². The Morgan fingerprint density at radius 1 is 0.266 bits per heavy atom. The Morgan fingerprint density at radius 3 is 1.56 bits per heavy atom. The van der Waals surface area contributed by atoms with Crippen molar-refractivity contribution in [3.63, 3.8) is 0 Å². The van der Waals surface area contributed by atoms with Gasteiger partial charge in [-0.1, -0.05) is 188 Å². The van der Waals surface area contributed by atoms with E-state index in [4.69, 9.17) is 0 Å². The first-order valence-electron chi connectivity index (χ1n) is 22.0. The lowest BCUT2D eigenvalue weighted by Crippen LogP contribution is -2.10. The summed E-state index contributed by atoms with van der Waals surface area (Å²) >= 11 is 0. The van der Waals surface area contributed by atoms with Crippen molar-refractivity contribution in [2.75, 3.05) is 4.90 Å². The quantitative estimate of drug-likeness (QED) is 0.148. The first-order chi connectivity index (χ1) is 31.7. The number of hydrogen-bond acceptors (Lipinski definition) is 1. The number of para-hydroxylation sites is 2. The largest absolute Gasteiger partial charge is 0.310 e. The molecular formula is C62H42N2. The van der Waals surface area contributed by atoms with Crippen LogP contribution in [0, 0.1) is 0 Å². The van der Waals surface area contributed by atoms with E-state index < -0.39 is 0 Å². The summed E-state index contributed by atoms with van der Waals surface area (Å²) in [5.41, 5.74) is 16.4. The Morgan fingerprint density at radius 2 is 0.797 bits per heavy atom. The van der Waals surface area contributed by atoms with Crippen molar-refractivity contribution in [1.29, 1.82) is 0 Å². The molecule has 0 N–H and O–H groups in total. The highest BCUT2D eigenvalue weighted by molar-refractivity contribution is 6.16. The van der Waals surface area contributed by atoms with Crippen molar-refractivity contribution < 1.29 is 0 Å². The molecule has 12 rings (SSSR count). The summed E-state index contributed by atoms with van der Waals surface area (Å²) < 4.78 is 2.39. The second-order valence-electron chi connectivity index (χ2n) is 16.5. The molecular weight excluding hydrogens is 773 g/mol. The molecule has 0 atom stereocenters. The summed E-state index contributed by atoms with van der Waals surface area (Å²) in [6, 6.07) is 92.6. The number of hydrogen-bond donors (Lipinski definition) is 0. The zero-order chi connectivity index (χ0) is 42.4. The number of aromatic nitrogens is 1. The molecule has 0 amide bonds. The van der Waals surface area contributed by atoms with Crippen LogP contribution in [-0.2, 0) is 0 Å². The molecule has 11 aromatic carbocycles. The van der Waals surface area contributed by atoms with Crippen LogP contribution in [0.3, 0.4) is 0 Å². The van der Waals surface area contributed by atoms with Gasteiger partial charge in [-0.3, -0.25) is 0 Å². The average Bonchev–Trinajstić information content (AvgIpc) is 3.72. The molecule has 0 radical (unpaired) electrons. The fourth-order valence-corrected chi connectivity index (χ4v) is 9.67. The highest BCUT2D eigenvalue weighted by Gasteiger charge is 2.19. The number of anilines is 3. The molecule has 0 saturated carbocycles. The zero-order valence-corrected chi connectivity index (χ0v) is 35.1. The SMILES string of the molecule is c1ccc(-n2c3ccccc3c3c(-c4cccc(N(c5ccc(-c6ccc(-c7cccc8ccccc78)cc6)cc5)c5ccc(-c6ccc7ccccc7c6)cc5)c4)cccc32)cc1. The topological polar surface area (TPSA) is 8.17 Å². The second-order valence-corrected chi connectivity index (χ2v) is 16.5. The van der Waals surface area contributed by atoms with Gasteiger partial charge in [-0.05, 0) is 133 Å². The molecule has 0 saturated heterocycles. The summed E-state index contributed by atoms with van der Waals surface area (Å²) in [5, 5.41) is 7.51. The van der Waals surface area contributed by atoms with Crippen LogP contribution in [0.5, 0.6) is 0 Å². The van der Waals surface area contributed by atoms with Crippen molar-refractivity contribution in [3.8, 4) is 50.2 Å². The van der Waals surface area contributed by atoms with Gasteiger partial charge in [0.05, 0.1) is 11.0 Å². The van der Waals surface area contributed by atoms with Gasteiger partial charge in [0.25, 0.3) is 0 Å². The summed E-state index contributed by atoms with van der Waals surface area (Å²) in [7, 11) is 0. The predicted octanol–water partition coefficient (Wildman–Crippen LogP) is 17.2. The molecule has 0 bridgehead atoms. The average molecular weight is 815 g/mol. The lowest BCUT2D eigenvalue weighted by molar-refractivity contribution is 1.18. The number of benzene rings is 11. The van der Waals surface area contributed by atoms with Gasteiger partial charge in [-0.15, -0.1) is 0 Å². The van der Waals surface area contributed by atoms with Gasteiger partial charge >= 0.3 is 0 Å². The molecule has 0 spiro atoms. The number of rotatable bonds is 8. The first kappa shape index (κ1) is 37.3. The fourth-order valence-electron chi connectivity index (χ4n) is 9.67. The summed E-state index contributed by atoms with van der Waals surface area (Å²) in [4.78, 5) is 2.38. The van der Waals surface area contributed by atoms with Gasteiger partial charge in [0.1, 0.15) is 0 Å². The van der Waals surface area contributed by atoms with E-state index in [0.29, 0.717) is 0 Å². The van der Waals surface area contributed by atoms with E-state index in [1.54, 1.807) is 0 Å². The predicted molar refractivity (Wildman–Crippen MR) is 272 cm³/mol. The monoisotopic (exact) mass is 814 g/mol. The van der Waals surface area contributed by atoms with E-state index >= 15 is 0 Å². The Bertz CT molecular complexity index is 3630. The molecule has 1 heterocycles. The van der Waals surface area contributed by atoms with Crippen LogP contribution in [0.4, 0.5) is 17.1 Å². The van der Waals surface area contributed by atoms with Gasteiger partial charge in [0.2, 0.25) is 0 Å². The first-order valence-corrected chi connectivity index (χ1v) is 22.0. The Kier molecular flexibility index (Phi) is 9.20. The number of fused-ring (bicyclic) bond motifs is 5. The van der Waals surface area contributed by atoms with Gasteiger partial charge in [-0.2, -0.15) is 0 Å². The Balaban J connectivity index is 0.949. The smallest absolute Gasteiger partial charge is 0.0547 e. The van der Waals surface area contributed by atoms with Crippen LogP contribution in [0.2, 0.25) is 0 Å². The molecule has 0 fully saturated rings. The fraction of sp³-hybridized carbons (Fsp3) is 0. The van der Waals surface area contributed by atoms with Crippen LogP contribution < -0.4 is 4.90 Å². The molecule has 12 aromatic rings. The molecule has 2 nitrogen and oxygen atoms in total. The molecule has 0 aliphatic carbocycles. The zero-order valence-electron chi connectivity index (χ0n) is 35.1. The van der Waals surface area contributed by atoms with Crippen LogP contribution in [-0.4, -0.2) is 4.57 Å². The van der Waals surface area contributed by atoms with E-state index in [2.05, 4.69) is 264 Å². The third-order valence-corrected chi connectivity index (χ3v) is 12.8. The maximum absolute atomic E-state index is 2.39. The van der Waals surface area contributed by atoms with Gasteiger partial charge in [-0.25, -0.2) is 0 Å². The molecule has 0 aliphatic heterocycles. The van der Waals surface area contributed by atoms with Crippen molar-refractivity contribution in [1.82, 2.24) is 4.57 Å². The van der Waals surface area contributed by atoms with E-state index in [1.165, 1.54) is 87.9 Å². The third kappa shape index (κ3) is 6.61. The van der Waals surface area contributed by atoms with Crippen molar-refractivity contribution in [2.45, 2.75) is 0 Å². The summed E-state index contributed by atoms with van der Waals surface area (Å²) in [6.45, 7) is 0. The highest BCUT2D eigenvalue weighted by Crippen LogP contribution is 2.42. The molecule has 1 aromatic heterocycles. The van der Waals surface area contributed by atoms with E-state index in [0.717, 1.165) is 22.7 Å². The van der Waals surface area contributed by atoms with Crippen molar-refractivity contribution >= 4 is 60.4 Å². The van der Waals surface area contributed by atoms with Crippen LogP contribution in [0.15, 0.2) is 255 Å². The van der Waals surface area contributed by atoms with Crippen molar-refractivity contribution in [2.24, 2.45) is 0 Å². The molecule has 0 aliphatic rings. The molecule has 300 valence electrons. The van der Waals surface area contributed by atoms with Gasteiger partial charge in [0.15, 0.2) is 0 Å². The maximum atomic E-state index is 2.39. The lowest BCUT2D eigenvalue weighted by Gasteiger charge is -2.26. The van der Waals surface area contributed by atoms with E-state index in [1.807, 2.05) is 0 Å².